The molecular weight excluding hydrogens is 304 g/mol. The number of aromatic nitrogens is 2. The predicted molar refractivity (Wildman–Crippen MR) is 96.2 cm³/mol. The topological polar surface area (TPSA) is 59.4 Å². The van der Waals surface area contributed by atoms with Crippen molar-refractivity contribution in [3.63, 3.8) is 0 Å². The third-order valence-corrected chi connectivity index (χ3v) is 4.30. The second kappa shape index (κ2) is 7.45. The second-order valence-corrected chi connectivity index (χ2v) is 7.91. The van der Waals surface area contributed by atoms with Gasteiger partial charge in [-0.1, -0.05) is 0 Å². The number of amides is 1. The molecule has 1 aromatic rings. The van der Waals surface area contributed by atoms with Crippen LogP contribution in [0.2, 0.25) is 0 Å². The molecule has 0 spiro atoms. The number of carbonyl (C=O) groups excluding carboxylic acids is 1. The van der Waals surface area contributed by atoms with Crippen LogP contribution < -0.4 is 5.32 Å². The van der Waals surface area contributed by atoms with Gasteiger partial charge >= 0.3 is 6.09 Å². The van der Waals surface area contributed by atoms with Crippen molar-refractivity contribution in [2.45, 2.75) is 78.0 Å². The third kappa shape index (κ3) is 5.14. The van der Waals surface area contributed by atoms with Crippen LogP contribution >= 0.6 is 0 Å². The predicted octanol–water partition coefficient (Wildman–Crippen LogP) is 3.71. The zero-order valence-electron chi connectivity index (χ0n) is 15.9. The normalized spacial score (nSPS) is 19.9. The number of piperidine rings is 1. The Kier molecular flexibility index (Phi) is 5.78. The zero-order chi connectivity index (χ0) is 17.9. The van der Waals surface area contributed by atoms with Crippen LogP contribution in [0.3, 0.4) is 0 Å². The number of likely N-dealkylation sites (tertiary alicyclic amines) is 1. The van der Waals surface area contributed by atoms with Gasteiger partial charge < -0.3 is 15.0 Å². The maximum absolute atomic E-state index is 12.5. The molecule has 1 aliphatic rings. The highest BCUT2D eigenvalue weighted by atomic mass is 16.6. The summed E-state index contributed by atoms with van der Waals surface area (Å²) < 4.78 is 7.40. The first-order valence-electron chi connectivity index (χ1n) is 8.92. The monoisotopic (exact) mass is 336 g/mol. The van der Waals surface area contributed by atoms with E-state index in [-0.39, 0.29) is 18.2 Å². The Balaban J connectivity index is 1.97. The lowest BCUT2D eigenvalue weighted by Crippen LogP contribution is -2.47. The van der Waals surface area contributed by atoms with Crippen LogP contribution in [-0.2, 0) is 11.8 Å². The van der Waals surface area contributed by atoms with E-state index >= 15 is 0 Å². The molecule has 2 heterocycles. The molecule has 0 aromatic carbocycles. The van der Waals surface area contributed by atoms with E-state index in [2.05, 4.69) is 17.3 Å². The van der Waals surface area contributed by atoms with Crippen LogP contribution in [-0.4, -0.2) is 45.0 Å². The number of carbonyl (C=O) groups is 1. The number of anilines is 1. The molecule has 2 unspecified atom stereocenters. The van der Waals surface area contributed by atoms with E-state index in [1.54, 1.807) is 0 Å². The molecule has 0 aliphatic carbocycles. The lowest BCUT2D eigenvalue weighted by molar-refractivity contribution is 0.00852. The second-order valence-electron chi connectivity index (χ2n) is 7.91. The molecule has 1 fully saturated rings. The summed E-state index contributed by atoms with van der Waals surface area (Å²) in [7, 11) is 1.92. The highest BCUT2D eigenvalue weighted by Gasteiger charge is 2.31. The van der Waals surface area contributed by atoms with Crippen LogP contribution in [0, 0.1) is 6.92 Å². The van der Waals surface area contributed by atoms with Crippen molar-refractivity contribution in [1.82, 2.24) is 14.7 Å². The number of hydrogen-bond acceptors (Lipinski definition) is 4. The van der Waals surface area contributed by atoms with Gasteiger partial charge in [0, 0.05) is 31.9 Å². The largest absolute Gasteiger partial charge is 0.444 e. The van der Waals surface area contributed by atoms with Crippen LogP contribution in [0.15, 0.2) is 6.20 Å². The lowest BCUT2D eigenvalue weighted by atomic mass is 9.96. The fraction of sp³-hybridized carbons (Fsp3) is 0.778. The van der Waals surface area contributed by atoms with Crippen molar-refractivity contribution in [2.75, 3.05) is 11.9 Å². The zero-order valence-corrected chi connectivity index (χ0v) is 15.9. The van der Waals surface area contributed by atoms with Crippen molar-refractivity contribution < 1.29 is 9.53 Å². The third-order valence-electron chi connectivity index (χ3n) is 4.30. The van der Waals surface area contributed by atoms with Gasteiger partial charge in [-0.2, -0.15) is 5.10 Å². The highest BCUT2D eigenvalue weighted by Crippen LogP contribution is 2.25. The summed E-state index contributed by atoms with van der Waals surface area (Å²) in [6.45, 7) is 10.7. The Morgan fingerprint density at radius 1 is 1.46 bits per heavy atom. The molecule has 136 valence electrons. The Morgan fingerprint density at radius 3 is 2.75 bits per heavy atom. The molecule has 2 rings (SSSR count). The molecule has 24 heavy (non-hydrogen) atoms. The van der Waals surface area contributed by atoms with Gasteiger partial charge in [0.1, 0.15) is 5.60 Å². The van der Waals surface area contributed by atoms with Crippen molar-refractivity contribution in [3.8, 4) is 0 Å². The smallest absolute Gasteiger partial charge is 0.410 e. The minimum Gasteiger partial charge on any atom is -0.444 e. The fourth-order valence-electron chi connectivity index (χ4n) is 3.28. The first-order chi connectivity index (χ1) is 11.2. The van der Waals surface area contributed by atoms with Crippen molar-refractivity contribution >= 4 is 11.8 Å². The number of aryl methyl sites for hydroxylation is 2. The summed E-state index contributed by atoms with van der Waals surface area (Å²) in [6.07, 6.45) is 5.99. The lowest BCUT2D eigenvalue weighted by Gasteiger charge is -2.38. The van der Waals surface area contributed by atoms with Gasteiger partial charge in [-0.25, -0.2) is 4.79 Å². The molecule has 6 nitrogen and oxygen atoms in total. The first kappa shape index (κ1) is 18.6. The van der Waals surface area contributed by atoms with Gasteiger partial charge in [-0.05, 0) is 60.3 Å². The van der Waals surface area contributed by atoms with E-state index < -0.39 is 5.60 Å². The number of nitrogens with one attached hydrogen (secondary N) is 1. The molecule has 1 N–H and O–H groups in total. The van der Waals surface area contributed by atoms with E-state index in [1.165, 1.54) is 6.42 Å². The molecule has 2 atom stereocenters. The Bertz CT molecular complexity index is 562. The van der Waals surface area contributed by atoms with Gasteiger partial charge in [0.2, 0.25) is 0 Å². The average Bonchev–Trinajstić information content (AvgIpc) is 2.75. The average molecular weight is 336 g/mol. The van der Waals surface area contributed by atoms with E-state index in [9.17, 15) is 4.79 Å². The Hall–Kier alpha value is -1.72. The number of rotatable bonds is 4. The summed E-state index contributed by atoms with van der Waals surface area (Å²) in [5.41, 5.74) is 1.61. The molecule has 0 radical (unpaired) electrons. The van der Waals surface area contributed by atoms with E-state index in [0.717, 1.165) is 37.2 Å². The molecule has 1 aliphatic heterocycles. The van der Waals surface area contributed by atoms with E-state index in [4.69, 9.17) is 4.74 Å². The van der Waals surface area contributed by atoms with Crippen molar-refractivity contribution in [2.24, 2.45) is 7.05 Å². The minimum absolute atomic E-state index is 0.183. The summed E-state index contributed by atoms with van der Waals surface area (Å²) >= 11 is 0. The number of nitrogens with zero attached hydrogens (tertiary/aromatic N) is 3. The van der Waals surface area contributed by atoms with Crippen molar-refractivity contribution in [3.05, 3.63) is 11.9 Å². The highest BCUT2D eigenvalue weighted by molar-refractivity contribution is 5.68. The Labute approximate surface area is 145 Å². The SMILES string of the molecule is Cc1nn(C)cc1NC(C)CC1CCCCN1C(=O)OC(C)(C)C. The van der Waals surface area contributed by atoms with E-state index in [0.29, 0.717) is 0 Å². The first-order valence-corrected chi connectivity index (χ1v) is 8.92. The van der Waals surface area contributed by atoms with Gasteiger partial charge in [0.05, 0.1) is 11.4 Å². The molecule has 1 amide bonds. The molecule has 1 saturated heterocycles. The molecular formula is C18H32N4O2. The van der Waals surface area contributed by atoms with Crippen LogP contribution in [0.1, 0.15) is 59.1 Å². The maximum Gasteiger partial charge on any atom is 0.410 e. The summed E-state index contributed by atoms with van der Waals surface area (Å²) in [5, 5.41) is 7.89. The van der Waals surface area contributed by atoms with E-state index in [1.807, 2.05) is 50.5 Å². The van der Waals surface area contributed by atoms with Crippen LogP contribution in [0.25, 0.3) is 0 Å². The number of hydrogen-bond donors (Lipinski definition) is 1. The fourth-order valence-corrected chi connectivity index (χ4v) is 3.28. The minimum atomic E-state index is -0.449. The summed E-state index contributed by atoms with van der Waals surface area (Å²) in [5.74, 6) is 0. The number of ether oxygens (including phenoxy) is 1. The summed E-state index contributed by atoms with van der Waals surface area (Å²) in [6, 6.07) is 0.494. The van der Waals surface area contributed by atoms with Crippen LogP contribution in [0.4, 0.5) is 10.5 Å². The Morgan fingerprint density at radius 2 is 2.17 bits per heavy atom. The van der Waals surface area contributed by atoms with Gasteiger partial charge in [0.25, 0.3) is 0 Å². The van der Waals surface area contributed by atoms with Crippen LogP contribution in [0.5, 0.6) is 0 Å². The quantitative estimate of drug-likeness (QED) is 0.910. The molecule has 0 saturated carbocycles. The molecule has 1 aromatic heterocycles. The standard InChI is InChI=1S/C18H32N4O2/c1-13(19-16-12-21(6)20-14(16)2)11-15-9-7-8-10-22(15)17(23)24-18(3,4)5/h12-13,15,19H,7-11H2,1-6H3. The maximum atomic E-state index is 12.5. The van der Waals surface area contributed by atoms with Gasteiger partial charge in [-0.15, -0.1) is 0 Å². The van der Waals surface area contributed by atoms with Gasteiger partial charge in [0.15, 0.2) is 0 Å². The molecule has 6 heteroatoms. The molecule has 0 bridgehead atoms. The van der Waals surface area contributed by atoms with Gasteiger partial charge in [-0.3, -0.25) is 4.68 Å². The summed E-state index contributed by atoms with van der Waals surface area (Å²) in [4.78, 5) is 14.4. The van der Waals surface area contributed by atoms with Crippen molar-refractivity contribution in [1.29, 1.82) is 0 Å².